The highest BCUT2D eigenvalue weighted by atomic mass is 16.5. The van der Waals surface area contributed by atoms with Gasteiger partial charge in [0.2, 0.25) is 0 Å². The highest BCUT2D eigenvalue weighted by Gasteiger charge is 2.17. The standard InChI is InChI=1S/C20H30N4O2/c1-17(19-8-14-26-21-19)23(3)16-18-6-4-5-7-20(18)25-15-13-24-11-9-22(2)10-12-24/h4-8,14,17H,9-13,15-16H2,1-3H3/t17-/m1/s1. The Morgan fingerprint density at radius 3 is 2.69 bits per heavy atom. The van der Waals surface area contributed by atoms with Crippen LogP contribution >= 0.6 is 0 Å². The van der Waals surface area contributed by atoms with Gasteiger partial charge in [-0.25, -0.2) is 0 Å². The molecule has 2 aromatic rings. The SMILES string of the molecule is C[C@H](c1ccon1)N(C)Cc1ccccc1OCCN1CCN(C)CC1. The molecule has 0 bridgehead atoms. The zero-order valence-electron chi connectivity index (χ0n) is 16.1. The van der Waals surface area contributed by atoms with E-state index in [0.717, 1.165) is 57.3 Å². The van der Waals surface area contributed by atoms with Crippen molar-refractivity contribution in [1.29, 1.82) is 0 Å². The summed E-state index contributed by atoms with van der Waals surface area (Å²) in [5.41, 5.74) is 2.14. The first kappa shape index (κ1) is 18.9. The second kappa shape index (κ2) is 9.16. The molecule has 1 aliphatic rings. The summed E-state index contributed by atoms with van der Waals surface area (Å²) in [4.78, 5) is 7.10. The highest BCUT2D eigenvalue weighted by molar-refractivity contribution is 5.33. The molecule has 0 amide bonds. The zero-order valence-corrected chi connectivity index (χ0v) is 16.1. The number of para-hydroxylation sites is 1. The van der Waals surface area contributed by atoms with Gasteiger partial charge in [0.15, 0.2) is 0 Å². The third-order valence-electron chi connectivity index (χ3n) is 5.20. The molecule has 6 heteroatoms. The fraction of sp³-hybridized carbons (Fsp3) is 0.550. The summed E-state index contributed by atoms with van der Waals surface area (Å²) in [5, 5.41) is 4.05. The van der Waals surface area contributed by atoms with Crippen molar-refractivity contribution < 1.29 is 9.26 Å². The van der Waals surface area contributed by atoms with Gasteiger partial charge in [0, 0.05) is 50.9 Å². The second-order valence-corrected chi connectivity index (χ2v) is 7.12. The molecule has 0 radical (unpaired) electrons. The lowest BCUT2D eigenvalue weighted by Gasteiger charge is -2.32. The number of hydrogen-bond acceptors (Lipinski definition) is 6. The maximum atomic E-state index is 6.12. The van der Waals surface area contributed by atoms with Gasteiger partial charge in [0.1, 0.15) is 24.3 Å². The number of likely N-dealkylation sites (N-methyl/N-ethyl adjacent to an activating group) is 1. The number of hydrogen-bond donors (Lipinski definition) is 0. The van der Waals surface area contributed by atoms with Crippen LogP contribution in [-0.2, 0) is 6.54 Å². The number of ether oxygens (including phenoxy) is 1. The van der Waals surface area contributed by atoms with E-state index < -0.39 is 0 Å². The van der Waals surface area contributed by atoms with Crippen LogP contribution in [0.2, 0.25) is 0 Å². The molecular weight excluding hydrogens is 328 g/mol. The summed E-state index contributed by atoms with van der Waals surface area (Å²) in [5.74, 6) is 0.973. The minimum Gasteiger partial charge on any atom is -0.492 e. The number of piperazine rings is 1. The van der Waals surface area contributed by atoms with Gasteiger partial charge in [-0.1, -0.05) is 23.4 Å². The Labute approximate surface area is 156 Å². The average molecular weight is 358 g/mol. The summed E-state index contributed by atoms with van der Waals surface area (Å²) < 4.78 is 11.1. The molecule has 1 aromatic carbocycles. The van der Waals surface area contributed by atoms with Crippen LogP contribution in [0.3, 0.4) is 0 Å². The highest BCUT2D eigenvalue weighted by Crippen LogP contribution is 2.24. The third kappa shape index (κ3) is 5.06. The summed E-state index contributed by atoms with van der Waals surface area (Å²) in [7, 11) is 4.28. The van der Waals surface area contributed by atoms with E-state index in [2.05, 4.69) is 59.1 Å². The van der Waals surface area contributed by atoms with Crippen LogP contribution in [-0.4, -0.2) is 73.3 Å². The molecule has 2 heterocycles. The molecule has 1 atom stereocenters. The largest absolute Gasteiger partial charge is 0.492 e. The Balaban J connectivity index is 1.52. The summed E-state index contributed by atoms with van der Waals surface area (Å²) >= 11 is 0. The van der Waals surface area contributed by atoms with Crippen molar-refractivity contribution in [2.75, 3.05) is 53.4 Å². The van der Waals surface area contributed by atoms with E-state index in [-0.39, 0.29) is 6.04 Å². The van der Waals surface area contributed by atoms with Gasteiger partial charge >= 0.3 is 0 Å². The molecule has 0 aliphatic carbocycles. The van der Waals surface area contributed by atoms with E-state index in [1.165, 1.54) is 5.56 Å². The van der Waals surface area contributed by atoms with Crippen molar-refractivity contribution in [2.24, 2.45) is 0 Å². The van der Waals surface area contributed by atoms with Crippen molar-refractivity contribution in [3.63, 3.8) is 0 Å². The third-order valence-corrected chi connectivity index (χ3v) is 5.20. The number of rotatable bonds is 8. The first-order chi connectivity index (χ1) is 12.6. The molecule has 3 rings (SSSR count). The van der Waals surface area contributed by atoms with E-state index >= 15 is 0 Å². The predicted octanol–water partition coefficient (Wildman–Crippen LogP) is 2.49. The van der Waals surface area contributed by atoms with Gasteiger partial charge in [-0.05, 0) is 27.1 Å². The monoisotopic (exact) mass is 358 g/mol. The van der Waals surface area contributed by atoms with Gasteiger partial charge in [-0.3, -0.25) is 9.80 Å². The van der Waals surface area contributed by atoms with Crippen LogP contribution < -0.4 is 4.74 Å². The van der Waals surface area contributed by atoms with Crippen molar-refractivity contribution in [3.05, 3.63) is 47.9 Å². The number of benzene rings is 1. The summed E-state index contributed by atoms with van der Waals surface area (Å²) in [6.07, 6.45) is 1.62. The Morgan fingerprint density at radius 1 is 1.19 bits per heavy atom. The van der Waals surface area contributed by atoms with Crippen LogP contribution in [0.1, 0.15) is 24.2 Å². The van der Waals surface area contributed by atoms with Crippen molar-refractivity contribution >= 4 is 0 Å². The van der Waals surface area contributed by atoms with E-state index in [9.17, 15) is 0 Å². The fourth-order valence-electron chi connectivity index (χ4n) is 3.20. The van der Waals surface area contributed by atoms with Crippen LogP contribution in [0.4, 0.5) is 0 Å². The first-order valence-corrected chi connectivity index (χ1v) is 9.35. The lowest BCUT2D eigenvalue weighted by molar-refractivity contribution is 0.133. The topological polar surface area (TPSA) is 45.0 Å². The van der Waals surface area contributed by atoms with Crippen molar-refractivity contribution in [3.8, 4) is 5.75 Å². The molecule has 1 fully saturated rings. The van der Waals surface area contributed by atoms with Crippen LogP contribution in [0.25, 0.3) is 0 Å². The minimum absolute atomic E-state index is 0.187. The maximum Gasteiger partial charge on any atom is 0.124 e. The Morgan fingerprint density at radius 2 is 1.96 bits per heavy atom. The molecule has 26 heavy (non-hydrogen) atoms. The van der Waals surface area contributed by atoms with Gasteiger partial charge < -0.3 is 14.2 Å². The number of aromatic nitrogens is 1. The quantitative estimate of drug-likeness (QED) is 0.722. The number of nitrogens with zero attached hydrogens (tertiary/aromatic N) is 4. The van der Waals surface area contributed by atoms with E-state index in [4.69, 9.17) is 9.26 Å². The molecule has 1 aromatic heterocycles. The van der Waals surface area contributed by atoms with E-state index in [0.29, 0.717) is 0 Å². The lowest BCUT2D eigenvalue weighted by Crippen LogP contribution is -2.45. The molecule has 0 spiro atoms. The molecule has 1 saturated heterocycles. The molecule has 0 unspecified atom stereocenters. The van der Waals surface area contributed by atoms with Gasteiger partial charge in [-0.15, -0.1) is 0 Å². The molecule has 0 N–H and O–H groups in total. The Hall–Kier alpha value is -1.89. The normalized spacial score (nSPS) is 17.5. The van der Waals surface area contributed by atoms with Crippen LogP contribution in [0.5, 0.6) is 5.75 Å². The Bertz CT molecular complexity index is 654. The molecule has 0 saturated carbocycles. The second-order valence-electron chi connectivity index (χ2n) is 7.12. The van der Waals surface area contributed by atoms with Crippen LogP contribution in [0, 0.1) is 0 Å². The zero-order chi connectivity index (χ0) is 18.4. The first-order valence-electron chi connectivity index (χ1n) is 9.35. The summed E-state index contributed by atoms with van der Waals surface area (Å²) in [6, 6.07) is 10.4. The summed E-state index contributed by atoms with van der Waals surface area (Å²) in [6.45, 7) is 9.17. The molecular formula is C20H30N4O2. The lowest BCUT2D eigenvalue weighted by atomic mass is 10.1. The van der Waals surface area contributed by atoms with Gasteiger partial charge in [-0.2, -0.15) is 0 Å². The van der Waals surface area contributed by atoms with E-state index in [1.807, 2.05) is 12.1 Å². The van der Waals surface area contributed by atoms with Crippen molar-refractivity contribution in [1.82, 2.24) is 19.9 Å². The molecule has 1 aliphatic heterocycles. The minimum atomic E-state index is 0.187. The predicted molar refractivity (Wildman–Crippen MR) is 102 cm³/mol. The van der Waals surface area contributed by atoms with Crippen LogP contribution in [0.15, 0.2) is 41.1 Å². The van der Waals surface area contributed by atoms with Gasteiger partial charge in [0.25, 0.3) is 0 Å². The van der Waals surface area contributed by atoms with E-state index in [1.54, 1.807) is 6.26 Å². The smallest absolute Gasteiger partial charge is 0.124 e. The van der Waals surface area contributed by atoms with Crippen molar-refractivity contribution in [2.45, 2.75) is 19.5 Å². The Kier molecular flexibility index (Phi) is 6.66. The fourth-order valence-corrected chi connectivity index (χ4v) is 3.20. The molecule has 6 nitrogen and oxygen atoms in total. The van der Waals surface area contributed by atoms with Gasteiger partial charge in [0.05, 0.1) is 6.04 Å². The molecule has 142 valence electrons. The average Bonchev–Trinajstić information content (AvgIpc) is 3.19. The maximum absolute atomic E-state index is 6.12.